The highest BCUT2D eigenvalue weighted by Crippen LogP contribution is 2.40. The molecule has 1 N–H and O–H groups in total. The lowest BCUT2D eigenvalue weighted by Gasteiger charge is -2.27. The molecule has 0 unspecified atom stereocenters. The Labute approximate surface area is 175 Å². The molecule has 0 bridgehead atoms. The Bertz CT molecular complexity index is 983. The topological polar surface area (TPSA) is 66.8 Å². The van der Waals surface area contributed by atoms with E-state index >= 15 is 0 Å². The molecule has 0 spiro atoms. The van der Waals surface area contributed by atoms with Gasteiger partial charge in [-0.3, -0.25) is 9.59 Å². The number of nitrogens with zero attached hydrogens (tertiary/aromatic N) is 1. The van der Waals surface area contributed by atoms with E-state index in [9.17, 15) is 19.1 Å². The van der Waals surface area contributed by atoms with E-state index in [2.05, 4.69) is 15.9 Å². The summed E-state index contributed by atoms with van der Waals surface area (Å²) in [7, 11) is 0. The summed E-state index contributed by atoms with van der Waals surface area (Å²) < 4.78 is 19.8. The minimum Gasteiger partial charge on any atom is -0.507 e. The summed E-state index contributed by atoms with van der Waals surface area (Å²) in [6, 6.07) is 11.7. The van der Waals surface area contributed by atoms with Crippen molar-refractivity contribution >= 4 is 33.4 Å². The number of benzene rings is 2. The van der Waals surface area contributed by atoms with E-state index in [1.165, 1.54) is 29.2 Å². The smallest absolute Gasteiger partial charge is 0.295 e. The van der Waals surface area contributed by atoms with Crippen LogP contribution < -0.4 is 0 Å². The number of carbonyl (C=O) groups is 2. The normalized spacial score (nSPS) is 23.7. The number of rotatable bonds is 4. The van der Waals surface area contributed by atoms with Crippen LogP contribution in [0.3, 0.4) is 0 Å². The summed E-state index contributed by atoms with van der Waals surface area (Å²) in [4.78, 5) is 27.2. The fourth-order valence-corrected chi connectivity index (χ4v) is 4.28. The second kappa shape index (κ2) is 8.08. The average Bonchev–Trinajstić information content (AvgIpc) is 3.30. The van der Waals surface area contributed by atoms with Crippen LogP contribution in [0.5, 0.6) is 0 Å². The van der Waals surface area contributed by atoms with Crippen LogP contribution in [0.1, 0.15) is 30.0 Å². The molecule has 2 aromatic carbocycles. The molecule has 0 radical (unpaired) electrons. The van der Waals surface area contributed by atoms with Crippen molar-refractivity contribution in [1.82, 2.24) is 4.90 Å². The van der Waals surface area contributed by atoms with Gasteiger partial charge in [0.1, 0.15) is 11.6 Å². The first kappa shape index (κ1) is 19.8. The lowest BCUT2D eigenvalue weighted by molar-refractivity contribution is -0.140. The summed E-state index contributed by atoms with van der Waals surface area (Å²) in [5.41, 5.74) is 0.972. The van der Waals surface area contributed by atoms with Gasteiger partial charge in [0.15, 0.2) is 0 Å². The second-order valence-electron chi connectivity index (χ2n) is 7.15. The number of aliphatic hydroxyl groups excluding tert-OH is 1. The number of amides is 1. The van der Waals surface area contributed by atoms with Crippen LogP contribution in [-0.4, -0.2) is 41.0 Å². The Morgan fingerprint density at radius 3 is 2.62 bits per heavy atom. The zero-order valence-electron chi connectivity index (χ0n) is 15.5. The molecule has 2 aliphatic rings. The predicted octanol–water partition coefficient (Wildman–Crippen LogP) is 4.19. The monoisotopic (exact) mass is 459 g/mol. The van der Waals surface area contributed by atoms with Gasteiger partial charge in [-0.1, -0.05) is 28.1 Å². The van der Waals surface area contributed by atoms with Gasteiger partial charge >= 0.3 is 0 Å². The summed E-state index contributed by atoms with van der Waals surface area (Å²) in [6.45, 7) is 0.897. The summed E-state index contributed by atoms with van der Waals surface area (Å²) in [5, 5.41) is 10.9. The predicted molar refractivity (Wildman–Crippen MR) is 109 cm³/mol. The van der Waals surface area contributed by atoms with E-state index in [0.29, 0.717) is 12.2 Å². The first-order valence-corrected chi connectivity index (χ1v) is 10.2. The number of hydrogen-bond acceptors (Lipinski definition) is 4. The van der Waals surface area contributed by atoms with Crippen molar-refractivity contribution in [3.63, 3.8) is 0 Å². The Kier molecular flexibility index (Phi) is 5.52. The van der Waals surface area contributed by atoms with Gasteiger partial charge < -0.3 is 14.7 Å². The number of halogens is 2. The molecule has 2 aromatic rings. The molecule has 2 aliphatic heterocycles. The van der Waals surface area contributed by atoms with Gasteiger partial charge in [-0.15, -0.1) is 0 Å². The van der Waals surface area contributed by atoms with Crippen LogP contribution in [-0.2, 0) is 14.3 Å². The van der Waals surface area contributed by atoms with Crippen LogP contribution in [0.25, 0.3) is 5.76 Å². The molecule has 2 fully saturated rings. The van der Waals surface area contributed by atoms with Crippen molar-refractivity contribution < 1.29 is 23.8 Å². The number of likely N-dealkylation sites (tertiary alicyclic amines) is 1. The van der Waals surface area contributed by atoms with Crippen LogP contribution in [0, 0.1) is 5.82 Å². The summed E-state index contributed by atoms with van der Waals surface area (Å²) in [6.07, 6.45) is 1.58. The molecule has 0 aromatic heterocycles. The molecule has 150 valence electrons. The quantitative estimate of drug-likeness (QED) is 0.422. The van der Waals surface area contributed by atoms with Gasteiger partial charge in [-0.05, 0) is 54.8 Å². The van der Waals surface area contributed by atoms with E-state index in [0.717, 1.165) is 17.3 Å². The molecule has 5 nitrogen and oxygen atoms in total. The minimum atomic E-state index is -0.755. The second-order valence-corrected chi connectivity index (χ2v) is 8.06. The van der Waals surface area contributed by atoms with E-state index < -0.39 is 23.5 Å². The molecule has 1 amide bonds. The third-order valence-electron chi connectivity index (χ3n) is 5.25. The van der Waals surface area contributed by atoms with Crippen LogP contribution >= 0.6 is 15.9 Å². The zero-order chi connectivity index (χ0) is 20.5. The highest BCUT2D eigenvalue weighted by molar-refractivity contribution is 9.10. The summed E-state index contributed by atoms with van der Waals surface area (Å²) in [5.74, 6) is -2.20. The van der Waals surface area contributed by atoms with Crippen molar-refractivity contribution in [2.75, 3.05) is 13.2 Å². The molecule has 0 saturated carbocycles. The molecule has 2 heterocycles. The number of aliphatic hydroxyl groups is 1. The zero-order valence-corrected chi connectivity index (χ0v) is 17.1. The largest absolute Gasteiger partial charge is 0.507 e. The lowest BCUT2D eigenvalue weighted by Crippen LogP contribution is -2.36. The Morgan fingerprint density at radius 1 is 1.21 bits per heavy atom. The van der Waals surface area contributed by atoms with E-state index in [4.69, 9.17) is 4.74 Å². The van der Waals surface area contributed by atoms with Gasteiger partial charge in [-0.2, -0.15) is 0 Å². The van der Waals surface area contributed by atoms with Crippen molar-refractivity contribution in [2.24, 2.45) is 0 Å². The molecule has 2 atom stereocenters. The minimum absolute atomic E-state index is 0.00212. The number of carbonyl (C=O) groups excluding carboxylic acids is 2. The van der Waals surface area contributed by atoms with Crippen LogP contribution in [0.4, 0.5) is 4.39 Å². The van der Waals surface area contributed by atoms with Crippen molar-refractivity contribution in [1.29, 1.82) is 0 Å². The molecule has 4 rings (SSSR count). The molecule has 7 heteroatoms. The molecular formula is C22H19BrFNO4. The number of ether oxygens (including phenoxy) is 1. The third kappa shape index (κ3) is 3.84. The van der Waals surface area contributed by atoms with Crippen molar-refractivity contribution in [3.05, 3.63) is 75.5 Å². The van der Waals surface area contributed by atoms with E-state index in [1.54, 1.807) is 0 Å². The molecule has 2 saturated heterocycles. The Morgan fingerprint density at radius 2 is 1.97 bits per heavy atom. The highest BCUT2D eigenvalue weighted by Gasteiger charge is 2.47. The summed E-state index contributed by atoms with van der Waals surface area (Å²) >= 11 is 3.42. The average molecular weight is 460 g/mol. The van der Waals surface area contributed by atoms with E-state index in [-0.39, 0.29) is 29.5 Å². The van der Waals surface area contributed by atoms with Gasteiger partial charge in [0.05, 0.1) is 17.7 Å². The molecular weight excluding hydrogens is 441 g/mol. The Balaban J connectivity index is 1.83. The molecule has 29 heavy (non-hydrogen) atoms. The van der Waals surface area contributed by atoms with Crippen molar-refractivity contribution in [2.45, 2.75) is 25.0 Å². The first-order chi connectivity index (χ1) is 14.0. The molecule has 0 aliphatic carbocycles. The van der Waals surface area contributed by atoms with Gasteiger partial charge in [-0.25, -0.2) is 4.39 Å². The van der Waals surface area contributed by atoms with Gasteiger partial charge in [0.25, 0.3) is 11.7 Å². The van der Waals surface area contributed by atoms with Gasteiger partial charge in [0.2, 0.25) is 0 Å². The lowest BCUT2D eigenvalue weighted by atomic mass is 9.95. The third-order valence-corrected chi connectivity index (χ3v) is 5.74. The number of hydrogen-bond donors (Lipinski definition) is 1. The fraction of sp³-hybridized carbons (Fsp3) is 0.273. The first-order valence-electron chi connectivity index (χ1n) is 9.37. The Hall–Kier alpha value is -2.51. The van der Waals surface area contributed by atoms with Crippen LogP contribution in [0.2, 0.25) is 0 Å². The standard InChI is InChI=1S/C22H19BrFNO4/c23-15-4-1-3-14(11-15)19-18(20(26)13-6-8-16(24)9-7-13)21(27)22(28)25(19)12-17-5-2-10-29-17/h1,3-4,6-9,11,17,19,26H,2,5,10,12H2/t17-,19+/m1/s1. The maximum Gasteiger partial charge on any atom is 0.295 e. The SMILES string of the molecule is O=C1C(=O)N(C[C@H]2CCCO2)[C@@H](c2cccc(Br)c2)C1=C(O)c1ccc(F)cc1. The maximum absolute atomic E-state index is 13.3. The van der Waals surface area contributed by atoms with Crippen molar-refractivity contribution in [3.8, 4) is 0 Å². The van der Waals surface area contributed by atoms with E-state index in [1.807, 2.05) is 24.3 Å². The van der Waals surface area contributed by atoms with Gasteiger partial charge in [0, 0.05) is 23.2 Å². The highest BCUT2D eigenvalue weighted by atomic mass is 79.9. The fourth-order valence-electron chi connectivity index (χ4n) is 3.86. The number of ketones is 1. The number of Topliss-reactive ketones (excluding diaryl/α,β-unsaturated/α-hetero) is 1. The van der Waals surface area contributed by atoms with Crippen LogP contribution in [0.15, 0.2) is 58.6 Å². The maximum atomic E-state index is 13.3.